The number of aromatic nitrogens is 3. The predicted octanol–water partition coefficient (Wildman–Crippen LogP) is 3.78. The summed E-state index contributed by atoms with van der Waals surface area (Å²) in [4.78, 5) is 14.7. The number of H-pyrrole nitrogens is 2. The molecular weight excluding hydrogens is 300 g/mol. The first-order valence-electron chi connectivity index (χ1n) is 7.94. The minimum absolute atomic E-state index is 0.0634. The Hall–Kier alpha value is -3.08. The number of hydrogen-bond donors (Lipinski definition) is 3. The van der Waals surface area contributed by atoms with Gasteiger partial charge in [-0.15, -0.1) is 0 Å². The van der Waals surface area contributed by atoms with Crippen molar-refractivity contribution in [3.8, 4) is 11.1 Å². The minimum Gasteiger partial charge on any atom is -0.382 e. The fourth-order valence-corrected chi connectivity index (χ4v) is 3.15. The first-order chi connectivity index (χ1) is 11.5. The highest BCUT2D eigenvalue weighted by atomic mass is 16.1. The summed E-state index contributed by atoms with van der Waals surface area (Å²) in [5.74, 6) is 0.775. The summed E-state index contributed by atoms with van der Waals surface area (Å²) in [7, 11) is 0. The van der Waals surface area contributed by atoms with E-state index in [0.717, 1.165) is 38.5 Å². The van der Waals surface area contributed by atoms with Crippen LogP contribution in [0, 0.1) is 0 Å². The maximum atomic E-state index is 11.8. The third kappa shape index (κ3) is 2.25. The maximum absolute atomic E-state index is 11.8. The summed E-state index contributed by atoms with van der Waals surface area (Å²) in [6.07, 6.45) is 0. The number of aromatic amines is 2. The average molecular weight is 318 g/mol. The SMILES string of the molecule is CC(C)c1cc(=O)[nH]c2ccc(-c3ccc4[nH]nc(N)c4c3)cc12. The van der Waals surface area contributed by atoms with Gasteiger partial charge in [-0.2, -0.15) is 5.10 Å². The lowest BCUT2D eigenvalue weighted by Crippen LogP contribution is -2.07. The van der Waals surface area contributed by atoms with E-state index in [1.807, 2.05) is 30.3 Å². The van der Waals surface area contributed by atoms with Crippen molar-refractivity contribution >= 4 is 27.6 Å². The number of benzene rings is 2. The van der Waals surface area contributed by atoms with Gasteiger partial charge in [-0.3, -0.25) is 9.89 Å². The summed E-state index contributed by atoms with van der Waals surface area (Å²) in [5, 5.41) is 8.94. The zero-order valence-corrected chi connectivity index (χ0v) is 13.6. The summed E-state index contributed by atoms with van der Waals surface area (Å²) in [6, 6.07) is 13.8. The molecule has 0 spiro atoms. The van der Waals surface area contributed by atoms with Crippen LogP contribution in [0.3, 0.4) is 0 Å². The van der Waals surface area contributed by atoms with E-state index < -0.39 is 0 Å². The van der Waals surface area contributed by atoms with Crippen molar-refractivity contribution in [3.63, 3.8) is 0 Å². The predicted molar refractivity (Wildman–Crippen MR) is 98.2 cm³/mol. The van der Waals surface area contributed by atoms with Gasteiger partial charge in [-0.25, -0.2) is 0 Å². The lowest BCUT2D eigenvalue weighted by Gasteiger charge is -2.11. The van der Waals surface area contributed by atoms with Crippen molar-refractivity contribution in [1.29, 1.82) is 0 Å². The molecule has 0 unspecified atom stereocenters. The highest BCUT2D eigenvalue weighted by Crippen LogP contribution is 2.30. The summed E-state index contributed by atoms with van der Waals surface area (Å²) in [5.41, 5.74) is 10.8. The van der Waals surface area contributed by atoms with Crippen LogP contribution >= 0.6 is 0 Å². The van der Waals surface area contributed by atoms with Gasteiger partial charge in [0.2, 0.25) is 5.56 Å². The molecule has 0 saturated heterocycles. The van der Waals surface area contributed by atoms with Crippen LogP contribution < -0.4 is 11.3 Å². The van der Waals surface area contributed by atoms with Crippen molar-refractivity contribution in [1.82, 2.24) is 15.2 Å². The number of pyridine rings is 1. The van der Waals surface area contributed by atoms with E-state index in [1.54, 1.807) is 6.07 Å². The van der Waals surface area contributed by atoms with Gasteiger partial charge in [0.15, 0.2) is 5.82 Å². The lowest BCUT2D eigenvalue weighted by molar-refractivity contribution is 0.872. The van der Waals surface area contributed by atoms with Crippen LogP contribution in [-0.2, 0) is 0 Å². The van der Waals surface area contributed by atoms with Crippen molar-refractivity contribution in [2.45, 2.75) is 19.8 Å². The number of hydrogen-bond acceptors (Lipinski definition) is 3. The van der Waals surface area contributed by atoms with Gasteiger partial charge in [0, 0.05) is 22.4 Å². The van der Waals surface area contributed by atoms with E-state index in [1.165, 1.54) is 0 Å². The van der Waals surface area contributed by atoms with Crippen LogP contribution in [0.5, 0.6) is 0 Å². The molecule has 0 saturated carbocycles. The molecule has 0 fully saturated rings. The smallest absolute Gasteiger partial charge is 0.248 e. The normalized spacial score (nSPS) is 11.6. The third-order valence-electron chi connectivity index (χ3n) is 4.42. The number of nitrogens with zero attached hydrogens (tertiary/aromatic N) is 1. The van der Waals surface area contributed by atoms with Crippen LogP contribution in [-0.4, -0.2) is 15.2 Å². The molecule has 24 heavy (non-hydrogen) atoms. The first-order valence-corrected chi connectivity index (χ1v) is 7.94. The first kappa shape index (κ1) is 14.5. The second-order valence-electron chi connectivity index (χ2n) is 6.37. The van der Waals surface area contributed by atoms with Crippen molar-refractivity contribution in [2.75, 3.05) is 5.73 Å². The molecule has 0 aliphatic heterocycles. The van der Waals surface area contributed by atoms with Crippen LogP contribution in [0.2, 0.25) is 0 Å². The van der Waals surface area contributed by atoms with Gasteiger partial charge >= 0.3 is 0 Å². The Morgan fingerprint density at radius 2 is 1.62 bits per heavy atom. The molecule has 0 radical (unpaired) electrons. The van der Waals surface area contributed by atoms with Crippen molar-refractivity contribution in [3.05, 3.63) is 58.4 Å². The van der Waals surface area contributed by atoms with E-state index in [0.29, 0.717) is 5.82 Å². The minimum atomic E-state index is -0.0634. The van der Waals surface area contributed by atoms with Gasteiger partial charge in [0.25, 0.3) is 0 Å². The van der Waals surface area contributed by atoms with Gasteiger partial charge in [0.05, 0.1) is 5.52 Å². The number of nitrogen functional groups attached to an aromatic ring is 1. The monoisotopic (exact) mass is 318 g/mol. The molecule has 2 aromatic carbocycles. The van der Waals surface area contributed by atoms with Gasteiger partial charge in [0.1, 0.15) is 0 Å². The quantitative estimate of drug-likeness (QED) is 0.525. The number of anilines is 1. The van der Waals surface area contributed by atoms with Crippen LogP contribution in [0.1, 0.15) is 25.3 Å². The number of nitrogens with one attached hydrogen (secondary N) is 2. The van der Waals surface area contributed by atoms with Crippen molar-refractivity contribution in [2.24, 2.45) is 0 Å². The molecule has 4 N–H and O–H groups in total. The Balaban J connectivity index is 1.95. The Morgan fingerprint density at radius 1 is 0.958 bits per heavy atom. The second kappa shape index (κ2) is 5.23. The number of fused-ring (bicyclic) bond motifs is 2. The summed E-state index contributed by atoms with van der Waals surface area (Å²) in [6.45, 7) is 4.19. The molecule has 4 aromatic rings. The lowest BCUT2D eigenvalue weighted by atomic mass is 9.95. The third-order valence-corrected chi connectivity index (χ3v) is 4.42. The molecular formula is C19H18N4O. The fourth-order valence-electron chi connectivity index (χ4n) is 3.15. The molecule has 2 heterocycles. The largest absolute Gasteiger partial charge is 0.382 e. The highest BCUT2D eigenvalue weighted by Gasteiger charge is 2.10. The van der Waals surface area contributed by atoms with Crippen LogP contribution in [0.25, 0.3) is 32.9 Å². The maximum Gasteiger partial charge on any atom is 0.248 e. The molecule has 0 atom stereocenters. The molecule has 0 aliphatic carbocycles. The topological polar surface area (TPSA) is 87.6 Å². The molecule has 0 aliphatic rings. The average Bonchev–Trinajstić information content (AvgIpc) is 2.94. The zero-order chi connectivity index (χ0) is 16.8. The van der Waals surface area contributed by atoms with Gasteiger partial charge in [-0.1, -0.05) is 26.0 Å². The summed E-state index contributed by atoms with van der Waals surface area (Å²) < 4.78 is 0. The molecule has 120 valence electrons. The Labute approximate surface area is 138 Å². The molecule has 0 amide bonds. The summed E-state index contributed by atoms with van der Waals surface area (Å²) >= 11 is 0. The van der Waals surface area contributed by atoms with Crippen LogP contribution in [0.15, 0.2) is 47.3 Å². The van der Waals surface area contributed by atoms with Gasteiger partial charge in [-0.05, 0) is 46.9 Å². The van der Waals surface area contributed by atoms with Crippen molar-refractivity contribution < 1.29 is 0 Å². The molecule has 2 aromatic heterocycles. The zero-order valence-electron chi connectivity index (χ0n) is 13.6. The van der Waals surface area contributed by atoms with E-state index >= 15 is 0 Å². The fraction of sp³-hybridized carbons (Fsp3) is 0.158. The number of rotatable bonds is 2. The molecule has 5 nitrogen and oxygen atoms in total. The Morgan fingerprint density at radius 3 is 2.33 bits per heavy atom. The standard InChI is InChI=1S/C19H18N4O/c1-10(2)13-9-18(24)21-16-5-3-11(7-14(13)16)12-4-6-17-15(8-12)19(20)23-22-17/h3-10H,1-2H3,(H,21,24)(H3,20,22,23). The molecule has 4 rings (SSSR count). The molecule has 0 bridgehead atoms. The Kier molecular flexibility index (Phi) is 3.16. The van der Waals surface area contributed by atoms with Crippen LogP contribution in [0.4, 0.5) is 5.82 Å². The second-order valence-corrected chi connectivity index (χ2v) is 6.37. The van der Waals surface area contributed by atoms with E-state index in [-0.39, 0.29) is 11.5 Å². The van der Waals surface area contributed by atoms with E-state index in [4.69, 9.17) is 5.73 Å². The van der Waals surface area contributed by atoms with E-state index in [2.05, 4.69) is 35.1 Å². The number of nitrogens with two attached hydrogens (primary N) is 1. The highest BCUT2D eigenvalue weighted by molar-refractivity contribution is 5.94. The van der Waals surface area contributed by atoms with Gasteiger partial charge < -0.3 is 10.7 Å². The van der Waals surface area contributed by atoms with E-state index in [9.17, 15) is 4.79 Å². The Bertz CT molecular complexity index is 1120. The molecule has 5 heteroatoms.